The van der Waals surface area contributed by atoms with E-state index in [1.165, 1.54) is 4.68 Å². The van der Waals surface area contributed by atoms with Crippen molar-refractivity contribution < 1.29 is 14.9 Å². The molecule has 1 aromatic heterocycles. The molecule has 0 bridgehead atoms. The smallest absolute Gasteiger partial charge is 0.241 e. The molecule has 108 valence electrons. The van der Waals surface area contributed by atoms with Crippen LogP contribution >= 0.6 is 0 Å². The van der Waals surface area contributed by atoms with Crippen molar-refractivity contribution in [3.63, 3.8) is 0 Å². The molecular formula is C9H19N7O3. The first kappa shape index (κ1) is 14.0. The number of anilines is 2. The van der Waals surface area contributed by atoms with E-state index >= 15 is 0 Å². The fraction of sp³-hybridized carbons (Fsp3) is 0.778. The summed E-state index contributed by atoms with van der Waals surface area (Å²) in [5.41, 5.74) is 22.4. The van der Waals surface area contributed by atoms with Crippen molar-refractivity contribution in [2.24, 2.45) is 11.5 Å². The first-order chi connectivity index (χ1) is 8.90. The predicted octanol–water partition coefficient (Wildman–Crippen LogP) is -3.43. The van der Waals surface area contributed by atoms with Crippen LogP contribution in [0.2, 0.25) is 0 Å². The maximum Gasteiger partial charge on any atom is 0.241 e. The van der Waals surface area contributed by atoms with Crippen LogP contribution in [0, 0.1) is 0 Å². The topological polar surface area (TPSA) is 184 Å². The van der Waals surface area contributed by atoms with Gasteiger partial charge in [-0.25, -0.2) is 4.68 Å². The Morgan fingerprint density at radius 1 is 1.21 bits per heavy atom. The number of hydrogen-bond acceptors (Lipinski definition) is 9. The molecule has 0 aromatic carbocycles. The summed E-state index contributed by atoms with van der Waals surface area (Å²) in [4.78, 5) is 3.70. The van der Waals surface area contributed by atoms with Gasteiger partial charge in [-0.05, 0) is 6.42 Å². The van der Waals surface area contributed by atoms with E-state index in [4.69, 9.17) is 27.7 Å². The molecule has 5 atom stereocenters. The quantitative estimate of drug-likeness (QED) is 0.326. The van der Waals surface area contributed by atoms with Gasteiger partial charge in [0.25, 0.3) is 0 Å². The first-order valence-corrected chi connectivity index (χ1v) is 5.85. The highest BCUT2D eigenvalue weighted by molar-refractivity contribution is 5.25. The van der Waals surface area contributed by atoms with Crippen LogP contribution < -0.4 is 22.9 Å². The molecule has 0 amide bonds. The second-order valence-electron chi connectivity index (χ2n) is 4.63. The summed E-state index contributed by atoms with van der Waals surface area (Å²) in [6.45, 7) is -0.0760. The third-order valence-electron chi connectivity index (χ3n) is 3.20. The Morgan fingerprint density at radius 2 is 1.89 bits per heavy atom. The van der Waals surface area contributed by atoms with Crippen LogP contribution in [0.3, 0.4) is 0 Å². The fourth-order valence-corrected chi connectivity index (χ4v) is 2.13. The number of nitrogens with zero attached hydrogens (tertiary/aromatic N) is 3. The van der Waals surface area contributed by atoms with E-state index in [-0.39, 0.29) is 18.6 Å². The van der Waals surface area contributed by atoms with Crippen molar-refractivity contribution in [2.45, 2.75) is 43.5 Å². The van der Waals surface area contributed by atoms with Crippen LogP contribution in [0.4, 0.5) is 11.9 Å². The Hall–Kier alpha value is -1.46. The second kappa shape index (κ2) is 5.27. The molecular weight excluding hydrogens is 254 g/mol. The number of ether oxygens (including phenoxy) is 1. The number of nitrogens with two attached hydrogens (primary N) is 4. The average molecular weight is 273 g/mol. The van der Waals surface area contributed by atoms with Gasteiger partial charge in [0.1, 0.15) is 18.9 Å². The molecule has 10 heteroatoms. The second-order valence-corrected chi connectivity index (χ2v) is 4.63. The lowest BCUT2D eigenvalue weighted by Crippen LogP contribution is -2.62. The number of nitrogen functional groups attached to an aromatic ring is 2. The molecule has 0 radical (unpaired) electrons. The Bertz CT molecular complexity index is 439. The summed E-state index contributed by atoms with van der Waals surface area (Å²) in [7, 11) is 0. The van der Waals surface area contributed by atoms with E-state index < -0.39 is 30.4 Å². The highest BCUT2D eigenvalue weighted by Crippen LogP contribution is 2.21. The Labute approximate surface area is 109 Å². The minimum Gasteiger partial charge on any atom is -0.389 e. The van der Waals surface area contributed by atoms with Crippen molar-refractivity contribution in [1.82, 2.24) is 14.8 Å². The maximum absolute atomic E-state index is 9.89. The zero-order valence-corrected chi connectivity index (χ0v) is 10.3. The molecule has 19 heavy (non-hydrogen) atoms. The molecule has 10 N–H and O–H groups in total. The van der Waals surface area contributed by atoms with Crippen molar-refractivity contribution >= 4 is 11.9 Å². The highest BCUT2D eigenvalue weighted by atomic mass is 16.5. The lowest BCUT2D eigenvalue weighted by atomic mass is 9.85. The van der Waals surface area contributed by atoms with Gasteiger partial charge in [-0.15, -0.1) is 5.10 Å². The normalized spacial score (nSPS) is 35.5. The largest absolute Gasteiger partial charge is 0.389 e. The van der Waals surface area contributed by atoms with Gasteiger partial charge in [-0.2, -0.15) is 4.98 Å². The lowest BCUT2D eigenvalue weighted by Gasteiger charge is -2.39. The predicted molar refractivity (Wildman–Crippen MR) is 66.3 cm³/mol. The van der Waals surface area contributed by atoms with Crippen LogP contribution in [-0.2, 0) is 11.5 Å². The van der Waals surface area contributed by atoms with E-state index in [9.17, 15) is 10.2 Å². The molecule has 1 aliphatic rings. The molecule has 1 aliphatic carbocycles. The molecule has 0 aliphatic heterocycles. The summed E-state index contributed by atoms with van der Waals surface area (Å²) < 4.78 is 6.67. The first-order valence-electron chi connectivity index (χ1n) is 5.85. The molecule has 1 heterocycles. The molecule has 2 unspecified atom stereocenters. The van der Waals surface area contributed by atoms with E-state index in [1.807, 2.05) is 0 Å². The minimum atomic E-state index is -1.17. The monoisotopic (exact) mass is 273 g/mol. The lowest BCUT2D eigenvalue weighted by molar-refractivity contribution is -0.142. The molecule has 2 rings (SSSR count). The zero-order valence-electron chi connectivity index (χ0n) is 10.3. The number of aliphatic hydroxyl groups is 2. The molecule has 1 fully saturated rings. The van der Waals surface area contributed by atoms with E-state index in [0.717, 1.165) is 0 Å². The van der Waals surface area contributed by atoms with Crippen molar-refractivity contribution in [2.75, 3.05) is 11.5 Å². The molecule has 10 nitrogen and oxygen atoms in total. The van der Waals surface area contributed by atoms with Gasteiger partial charge in [0.05, 0.1) is 6.10 Å². The van der Waals surface area contributed by atoms with Gasteiger partial charge in [0.2, 0.25) is 11.9 Å². The van der Waals surface area contributed by atoms with Crippen LogP contribution in [0.15, 0.2) is 0 Å². The Balaban J connectivity index is 2.00. The molecule has 0 spiro atoms. The SMILES string of the molecule is Nc1nc(N)n(CO[C@@H]2C(N)C[C@@H](N)C(O)[C@H]2O)n1. The summed E-state index contributed by atoms with van der Waals surface area (Å²) in [6, 6.07) is -1.06. The standard InChI is InChI=1S/C9H19N7O3/c10-3-1-4(11)7(6(18)5(3)17)19-2-16-9(13)14-8(12)15-16/h3-7,17-18H,1-2,10-11H2,(H4,12,13,14,15)/t3-,4?,5?,6-,7-/m1/s1. The van der Waals surface area contributed by atoms with Crippen LogP contribution in [0.1, 0.15) is 6.42 Å². The molecule has 0 saturated heterocycles. The van der Waals surface area contributed by atoms with Crippen LogP contribution in [0.25, 0.3) is 0 Å². The highest BCUT2D eigenvalue weighted by Gasteiger charge is 2.41. The van der Waals surface area contributed by atoms with E-state index in [0.29, 0.717) is 6.42 Å². The number of hydrogen-bond donors (Lipinski definition) is 6. The summed E-state index contributed by atoms with van der Waals surface area (Å²) in [5.74, 6) is 0.116. The van der Waals surface area contributed by atoms with Crippen molar-refractivity contribution in [1.29, 1.82) is 0 Å². The minimum absolute atomic E-state index is 0.0247. The third kappa shape index (κ3) is 2.77. The number of aromatic nitrogens is 3. The van der Waals surface area contributed by atoms with Crippen LogP contribution in [-0.4, -0.2) is 55.4 Å². The number of aliphatic hydroxyl groups excluding tert-OH is 2. The maximum atomic E-state index is 9.89. The van der Waals surface area contributed by atoms with Gasteiger partial charge in [-0.3, -0.25) is 0 Å². The summed E-state index contributed by atoms with van der Waals surface area (Å²) >= 11 is 0. The van der Waals surface area contributed by atoms with Gasteiger partial charge in [0, 0.05) is 12.1 Å². The zero-order chi connectivity index (χ0) is 14.2. The van der Waals surface area contributed by atoms with Crippen molar-refractivity contribution in [3.8, 4) is 0 Å². The molecule has 1 saturated carbocycles. The average Bonchev–Trinajstić information content (AvgIpc) is 2.65. The van der Waals surface area contributed by atoms with Gasteiger partial charge in [0.15, 0.2) is 0 Å². The summed E-state index contributed by atoms with van der Waals surface area (Å²) in [6.07, 6.45) is -2.67. The van der Waals surface area contributed by atoms with Gasteiger partial charge < -0.3 is 37.9 Å². The summed E-state index contributed by atoms with van der Waals surface area (Å²) in [5, 5.41) is 23.4. The van der Waals surface area contributed by atoms with Gasteiger partial charge in [-0.1, -0.05) is 0 Å². The van der Waals surface area contributed by atoms with E-state index in [1.54, 1.807) is 0 Å². The number of rotatable bonds is 3. The van der Waals surface area contributed by atoms with Gasteiger partial charge >= 0.3 is 0 Å². The molecule has 1 aromatic rings. The Kier molecular flexibility index (Phi) is 3.87. The Morgan fingerprint density at radius 3 is 2.47 bits per heavy atom. The third-order valence-corrected chi connectivity index (χ3v) is 3.20. The van der Waals surface area contributed by atoms with Crippen molar-refractivity contribution in [3.05, 3.63) is 0 Å². The van der Waals surface area contributed by atoms with Crippen LogP contribution in [0.5, 0.6) is 0 Å². The van der Waals surface area contributed by atoms with E-state index in [2.05, 4.69) is 10.1 Å². The fourth-order valence-electron chi connectivity index (χ4n) is 2.13.